The number of hydrogen-bond donors (Lipinski definition) is 1. The SMILES string of the molecule is COc1ccccc1C(C)(C)NC(=O)c1cccc2c1OCCO2. The lowest BCUT2D eigenvalue weighted by Gasteiger charge is -2.29. The topological polar surface area (TPSA) is 56.8 Å². The van der Waals surface area contributed by atoms with Gasteiger partial charge in [-0.25, -0.2) is 0 Å². The summed E-state index contributed by atoms with van der Waals surface area (Å²) >= 11 is 0. The molecule has 3 rings (SSSR count). The van der Waals surface area contributed by atoms with Gasteiger partial charge in [0.25, 0.3) is 5.91 Å². The molecule has 0 spiro atoms. The predicted octanol–water partition coefficient (Wildman–Crippen LogP) is 3.13. The van der Waals surface area contributed by atoms with Crippen LogP contribution in [0.4, 0.5) is 0 Å². The van der Waals surface area contributed by atoms with E-state index in [9.17, 15) is 4.79 Å². The maximum Gasteiger partial charge on any atom is 0.255 e. The van der Waals surface area contributed by atoms with E-state index in [1.807, 2.05) is 38.1 Å². The van der Waals surface area contributed by atoms with Gasteiger partial charge in [0.15, 0.2) is 11.5 Å². The average molecular weight is 327 g/mol. The first-order chi connectivity index (χ1) is 11.5. The van der Waals surface area contributed by atoms with E-state index in [2.05, 4.69) is 5.32 Å². The maximum absolute atomic E-state index is 12.8. The first kappa shape index (κ1) is 16.2. The Morgan fingerprint density at radius 3 is 2.62 bits per heavy atom. The Labute approximate surface area is 141 Å². The van der Waals surface area contributed by atoms with E-state index >= 15 is 0 Å². The molecule has 1 heterocycles. The lowest BCUT2D eigenvalue weighted by molar-refractivity contribution is 0.0900. The average Bonchev–Trinajstić information content (AvgIpc) is 2.60. The molecule has 0 unspecified atom stereocenters. The summed E-state index contributed by atoms with van der Waals surface area (Å²) in [7, 11) is 1.62. The Morgan fingerprint density at radius 2 is 1.83 bits per heavy atom. The number of rotatable bonds is 4. The molecule has 2 aromatic rings. The number of nitrogens with one attached hydrogen (secondary N) is 1. The molecule has 1 aliphatic heterocycles. The number of carbonyl (C=O) groups is 1. The summed E-state index contributed by atoms with van der Waals surface area (Å²) in [5.41, 5.74) is 0.764. The Kier molecular flexibility index (Phi) is 4.34. The van der Waals surface area contributed by atoms with E-state index in [1.54, 1.807) is 25.3 Å². The highest BCUT2D eigenvalue weighted by atomic mass is 16.6. The summed E-state index contributed by atoms with van der Waals surface area (Å²) in [5.74, 6) is 1.62. The number of para-hydroxylation sites is 2. The molecule has 0 bridgehead atoms. The smallest absolute Gasteiger partial charge is 0.255 e. The van der Waals surface area contributed by atoms with Gasteiger partial charge >= 0.3 is 0 Å². The highest BCUT2D eigenvalue weighted by Gasteiger charge is 2.29. The van der Waals surface area contributed by atoms with Gasteiger partial charge in [-0.15, -0.1) is 0 Å². The van der Waals surface area contributed by atoms with E-state index in [0.29, 0.717) is 30.3 Å². The standard InChI is InChI=1S/C19H21NO4/c1-19(2,14-8-4-5-9-15(14)22-3)20-18(21)13-7-6-10-16-17(13)24-12-11-23-16/h4-10H,11-12H2,1-3H3,(H,20,21). The van der Waals surface area contributed by atoms with Crippen LogP contribution in [0.5, 0.6) is 17.2 Å². The van der Waals surface area contributed by atoms with Crippen LogP contribution in [-0.2, 0) is 5.54 Å². The van der Waals surface area contributed by atoms with Crippen LogP contribution in [0.2, 0.25) is 0 Å². The third-order valence-electron chi connectivity index (χ3n) is 4.02. The van der Waals surface area contributed by atoms with Crippen molar-refractivity contribution in [2.75, 3.05) is 20.3 Å². The first-order valence-electron chi connectivity index (χ1n) is 7.87. The lowest BCUT2D eigenvalue weighted by Crippen LogP contribution is -2.41. The Hall–Kier alpha value is -2.69. The van der Waals surface area contributed by atoms with Crippen LogP contribution in [0.1, 0.15) is 29.8 Å². The third-order valence-corrected chi connectivity index (χ3v) is 4.02. The fourth-order valence-electron chi connectivity index (χ4n) is 2.83. The molecule has 2 aromatic carbocycles. The van der Waals surface area contributed by atoms with E-state index in [1.165, 1.54) is 0 Å². The molecule has 24 heavy (non-hydrogen) atoms. The van der Waals surface area contributed by atoms with Crippen molar-refractivity contribution in [3.8, 4) is 17.2 Å². The molecule has 0 fully saturated rings. The molecule has 0 saturated carbocycles. The van der Waals surface area contributed by atoms with Gasteiger partial charge in [0.1, 0.15) is 19.0 Å². The van der Waals surface area contributed by atoms with Crippen molar-refractivity contribution >= 4 is 5.91 Å². The Morgan fingerprint density at radius 1 is 1.08 bits per heavy atom. The van der Waals surface area contributed by atoms with Crippen molar-refractivity contribution in [2.45, 2.75) is 19.4 Å². The van der Waals surface area contributed by atoms with Crippen molar-refractivity contribution in [3.05, 3.63) is 53.6 Å². The second-order valence-electron chi connectivity index (χ2n) is 6.11. The van der Waals surface area contributed by atoms with Crippen LogP contribution in [-0.4, -0.2) is 26.2 Å². The third kappa shape index (κ3) is 3.02. The Bertz CT molecular complexity index is 755. The Balaban J connectivity index is 1.89. The zero-order valence-electron chi connectivity index (χ0n) is 14.1. The van der Waals surface area contributed by atoms with Crippen LogP contribution in [0.25, 0.3) is 0 Å². The highest BCUT2D eigenvalue weighted by Crippen LogP contribution is 2.35. The molecular weight excluding hydrogens is 306 g/mol. The normalized spacial score (nSPS) is 13.3. The molecule has 0 saturated heterocycles. The van der Waals surface area contributed by atoms with Crippen LogP contribution in [0.3, 0.4) is 0 Å². The van der Waals surface area contributed by atoms with E-state index in [-0.39, 0.29) is 5.91 Å². The van der Waals surface area contributed by atoms with Crippen molar-refractivity contribution in [2.24, 2.45) is 0 Å². The van der Waals surface area contributed by atoms with Gasteiger partial charge in [0, 0.05) is 5.56 Å². The molecule has 5 nitrogen and oxygen atoms in total. The van der Waals surface area contributed by atoms with Crippen molar-refractivity contribution in [3.63, 3.8) is 0 Å². The summed E-state index contributed by atoms with van der Waals surface area (Å²) in [5, 5.41) is 3.06. The lowest BCUT2D eigenvalue weighted by atomic mass is 9.92. The zero-order valence-corrected chi connectivity index (χ0v) is 14.1. The molecular formula is C19H21NO4. The number of fused-ring (bicyclic) bond motifs is 1. The molecule has 0 radical (unpaired) electrons. The molecule has 0 atom stereocenters. The van der Waals surface area contributed by atoms with Crippen molar-refractivity contribution in [1.82, 2.24) is 5.32 Å². The van der Waals surface area contributed by atoms with E-state index in [0.717, 1.165) is 11.3 Å². The highest BCUT2D eigenvalue weighted by molar-refractivity contribution is 5.98. The van der Waals surface area contributed by atoms with Crippen molar-refractivity contribution in [1.29, 1.82) is 0 Å². The van der Waals surface area contributed by atoms with Crippen LogP contribution in [0.15, 0.2) is 42.5 Å². The summed E-state index contributed by atoms with van der Waals surface area (Å²) in [6, 6.07) is 13.0. The molecule has 0 aliphatic carbocycles. The van der Waals surface area contributed by atoms with Crippen LogP contribution < -0.4 is 19.5 Å². The molecule has 126 valence electrons. The maximum atomic E-state index is 12.8. The molecule has 5 heteroatoms. The second-order valence-corrected chi connectivity index (χ2v) is 6.11. The van der Waals surface area contributed by atoms with Crippen molar-refractivity contribution < 1.29 is 19.0 Å². The number of hydrogen-bond acceptors (Lipinski definition) is 4. The largest absolute Gasteiger partial charge is 0.496 e. The number of ether oxygens (including phenoxy) is 3. The summed E-state index contributed by atoms with van der Waals surface area (Å²) < 4.78 is 16.6. The summed E-state index contributed by atoms with van der Waals surface area (Å²) in [6.07, 6.45) is 0. The minimum absolute atomic E-state index is 0.215. The van der Waals surface area contributed by atoms with Gasteiger partial charge in [-0.05, 0) is 32.0 Å². The number of carbonyl (C=O) groups excluding carboxylic acids is 1. The fraction of sp³-hybridized carbons (Fsp3) is 0.316. The minimum Gasteiger partial charge on any atom is -0.496 e. The number of benzene rings is 2. The minimum atomic E-state index is -0.609. The number of methoxy groups -OCH3 is 1. The zero-order chi connectivity index (χ0) is 17.2. The van der Waals surface area contributed by atoms with E-state index < -0.39 is 5.54 Å². The summed E-state index contributed by atoms with van der Waals surface area (Å²) in [4.78, 5) is 12.8. The molecule has 0 aromatic heterocycles. The van der Waals surface area contributed by atoms with Gasteiger partial charge in [0.05, 0.1) is 18.2 Å². The van der Waals surface area contributed by atoms with Crippen LogP contribution >= 0.6 is 0 Å². The first-order valence-corrected chi connectivity index (χ1v) is 7.87. The van der Waals surface area contributed by atoms with Gasteiger partial charge in [-0.1, -0.05) is 24.3 Å². The molecule has 1 amide bonds. The fourth-order valence-corrected chi connectivity index (χ4v) is 2.83. The van der Waals surface area contributed by atoms with Gasteiger partial charge in [-0.3, -0.25) is 4.79 Å². The van der Waals surface area contributed by atoms with Gasteiger partial charge < -0.3 is 19.5 Å². The summed E-state index contributed by atoms with van der Waals surface area (Å²) in [6.45, 7) is 4.81. The van der Waals surface area contributed by atoms with E-state index in [4.69, 9.17) is 14.2 Å². The monoisotopic (exact) mass is 327 g/mol. The van der Waals surface area contributed by atoms with Crippen LogP contribution in [0, 0.1) is 0 Å². The predicted molar refractivity (Wildman–Crippen MR) is 90.9 cm³/mol. The second kappa shape index (κ2) is 6.43. The van der Waals surface area contributed by atoms with Gasteiger partial charge in [-0.2, -0.15) is 0 Å². The quantitative estimate of drug-likeness (QED) is 0.937. The number of amides is 1. The molecule has 1 N–H and O–H groups in total. The van der Waals surface area contributed by atoms with Gasteiger partial charge in [0.2, 0.25) is 0 Å². The molecule has 1 aliphatic rings.